The van der Waals surface area contributed by atoms with Gasteiger partial charge in [-0.05, 0) is 56.0 Å². The molecule has 0 saturated carbocycles. The quantitative estimate of drug-likeness (QED) is 0.245. The number of benzene rings is 1. The summed E-state index contributed by atoms with van der Waals surface area (Å²) in [6.45, 7) is 14.8. The number of carbonyl (C=O) groups excluding carboxylic acids is 1. The lowest BCUT2D eigenvalue weighted by atomic mass is 10.00. The average Bonchev–Trinajstić information content (AvgIpc) is 3.42. The number of aryl methyl sites for hydroxylation is 2. The molecule has 1 aromatic carbocycles. The summed E-state index contributed by atoms with van der Waals surface area (Å²) in [5.74, 6) is 1.10. The van der Waals surface area contributed by atoms with Gasteiger partial charge in [0.1, 0.15) is 5.82 Å². The first-order valence-electron chi connectivity index (χ1n) is 15.0. The van der Waals surface area contributed by atoms with Crippen molar-refractivity contribution in [3.63, 3.8) is 0 Å². The van der Waals surface area contributed by atoms with E-state index >= 15 is 0 Å². The van der Waals surface area contributed by atoms with Crippen molar-refractivity contribution in [1.82, 2.24) is 34.6 Å². The third kappa shape index (κ3) is 4.54. The largest absolute Gasteiger partial charge is 0.355 e. The summed E-state index contributed by atoms with van der Waals surface area (Å²) in [6.07, 6.45) is 4.91. The topological polar surface area (TPSA) is 113 Å². The zero-order valence-corrected chi connectivity index (χ0v) is 27.3. The molecule has 1 N–H and O–H groups in total. The van der Waals surface area contributed by atoms with Gasteiger partial charge in [0.2, 0.25) is 5.91 Å². The Balaban J connectivity index is 1.60. The maximum atomic E-state index is 14.4. The third-order valence-corrected chi connectivity index (χ3v) is 10.6. The number of hydrogen-bond acceptors (Lipinski definition) is 8. The maximum Gasteiger partial charge on any atom is 0.355 e. The van der Waals surface area contributed by atoms with E-state index in [1.807, 2.05) is 36.9 Å². The number of nitrogens with one attached hydrogen (secondary N) is 1. The van der Waals surface area contributed by atoms with Crippen molar-refractivity contribution in [2.24, 2.45) is 0 Å². The molecule has 0 aliphatic carbocycles. The molecule has 5 aromatic rings. The van der Waals surface area contributed by atoms with E-state index in [0.29, 0.717) is 46.7 Å². The van der Waals surface area contributed by atoms with Gasteiger partial charge in [-0.15, -0.1) is 11.8 Å². The number of hydrogen-bond donors (Lipinski definition) is 1. The van der Waals surface area contributed by atoms with Gasteiger partial charge in [-0.25, -0.2) is 14.3 Å². The predicted octanol–water partition coefficient (Wildman–Crippen LogP) is 5.81. The number of anilines is 1. The number of amides is 1. The summed E-state index contributed by atoms with van der Waals surface area (Å²) >= 11 is 9.00. The van der Waals surface area contributed by atoms with Crippen molar-refractivity contribution >= 4 is 57.0 Å². The van der Waals surface area contributed by atoms with Gasteiger partial charge >= 0.3 is 5.69 Å². The highest BCUT2D eigenvalue weighted by atomic mass is 35.5. The van der Waals surface area contributed by atoms with Crippen molar-refractivity contribution < 1.29 is 4.79 Å². The second-order valence-electron chi connectivity index (χ2n) is 12.1. The normalized spacial score (nSPS) is 18.0. The van der Waals surface area contributed by atoms with E-state index < -0.39 is 5.69 Å². The molecule has 1 fully saturated rings. The maximum absolute atomic E-state index is 14.4. The molecule has 7 rings (SSSR count). The van der Waals surface area contributed by atoms with Gasteiger partial charge in [0.15, 0.2) is 5.65 Å². The van der Waals surface area contributed by atoms with Gasteiger partial charge in [-0.2, -0.15) is 10.1 Å². The monoisotopic (exact) mass is 640 g/mol. The summed E-state index contributed by atoms with van der Waals surface area (Å²) in [5.41, 5.74) is 5.67. The Labute approximate surface area is 269 Å². The van der Waals surface area contributed by atoms with Crippen LogP contribution >= 0.6 is 23.4 Å². The molecule has 2 unspecified atom stereocenters. The Morgan fingerprint density at radius 1 is 1.18 bits per heavy atom. The summed E-state index contributed by atoms with van der Waals surface area (Å²) < 4.78 is 1.62. The fourth-order valence-electron chi connectivity index (χ4n) is 6.78. The molecular weight excluding hydrogens is 608 g/mol. The highest BCUT2D eigenvalue weighted by molar-refractivity contribution is 7.99. The van der Waals surface area contributed by atoms with Crippen LogP contribution in [0.4, 0.5) is 5.82 Å². The highest BCUT2D eigenvalue weighted by Gasteiger charge is 2.40. The molecule has 4 aromatic heterocycles. The smallest absolute Gasteiger partial charge is 0.346 e. The molecule has 45 heavy (non-hydrogen) atoms. The SMILES string of the molecule is C=CC(=O)N1CC(C)N2c3nc(=O)n(-c4c(C)ccnc4C(C)C)c4nc(-c5c(C)ccc6[nH]ncc56)c(Cl)c(c34)SCC2C1. The Kier molecular flexibility index (Phi) is 7.20. The first-order chi connectivity index (χ1) is 21.6. The summed E-state index contributed by atoms with van der Waals surface area (Å²) in [5, 5.41) is 9.46. The fourth-order valence-corrected chi connectivity index (χ4v) is 8.35. The van der Waals surface area contributed by atoms with Crippen molar-refractivity contribution in [3.05, 3.63) is 75.6 Å². The minimum absolute atomic E-state index is 0.0413. The number of pyridine rings is 2. The first kappa shape index (κ1) is 29.5. The zero-order valence-electron chi connectivity index (χ0n) is 25.8. The molecule has 0 bridgehead atoms. The molecule has 1 saturated heterocycles. The van der Waals surface area contributed by atoms with E-state index in [4.69, 9.17) is 26.6 Å². The third-order valence-electron chi connectivity index (χ3n) is 8.83. The van der Waals surface area contributed by atoms with Crippen LogP contribution in [0.3, 0.4) is 0 Å². The van der Waals surface area contributed by atoms with Gasteiger partial charge < -0.3 is 9.80 Å². The lowest BCUT2D eigenvalue weighted by molar-refractivity contribution is -0.127. The number of piperazine rings is 1. The molecule has 10 nitrogen and oxygen atoms in total. The van der Waals surface area contributed by atoms with Crippen LogP contribution in [-0.2, 0) is 4.79 Å². The van der Waals surface area contributed by atoms with E-state index in [0.717, 1.165) is 43.6 Å². The van der Waals surface area contributed by atoms with Crippen molar-refractivity contribution in [3.8, 4) is 16.9 Å². The fraction of sp³-hybridized carbons (Fsp3) is 0.333. The van der Waals surface area contributed by atoms with E-state index in [9.17, 15) is 9.59 Å². The molecule has 1 amide bonds. The van der Waals surface area contributed by atoms with Crippen LogP contribution in [0.2, 0.25) is 5.02 Å². The van der Waals surface area contributed by atoms with Crippen LogP contribution in [0.1, 0.15) is 43.5 Å². The molecule has 0 spiro atoms. The van der Waals surface area contributed by atoms with Crippen LogP contribution < -0.4 is 10.6 Å². The summed E-state index contributed by atoms with van der Waals surface area (Å²) in [7, 11) is 0. The van der Waals surface area contributed by atoms with Gasteiger partial charge in [-0.3, -0.25) is 14.9 Å². The number of aromatic nitrogens is 6. The van der Waals surface area contributed by atoms with E-state index in [-0.39, 0.29) is 23.9 Å². The zero-order chi connectivity index (χ0) is 31.7. The number of rotatable bonds is 4. The Morgan fingerprint density at radius 3 is 2.73 bits per heavy atom. The minimum atomic E-state index is -0.442. The van der Waals surface area contributed by atoms with Crippen LogP contribution in [0.15, 0.2) is 52.9 Å². The van der Waals surface area contributed by atoms with E-state index in [1.165, 1.54) is 6.08 Å². The van der Waals surface area contributed by atoms with Crippen molar-refractivity contribution in [1.29, 1.82) is 0 Å². The molecule has 0 radical (unpaired) electrons. The first-order valence-corrected chi connectivity index (χ1v) is 16.3. The lowest BCUT2D eigenvalue weighted by Crippen LogP contribution is -2.60. The molecule has 2 aliphatic rings. The minimum Gasteiger partial charge on any atom is -0.346 e. The van der Waals surface area contributed by atoms with Gasteiger partial charge in [0.05, 0.1) is 45.2 Å². The number of aromatic amines is 1. The van der Waals surface area contributed by atoms with Crippen LogP contribution in [-0.4, -0.2) is 71.4 Å². The molecule has 12 heteroatoms. The summed E-state index contributed by atoms with van der Waals surface area (Å²) in [4.78, 5) is 46.7. The van der Waals surface area contributed by atoms with E-state index in [2.05, 4.69) is 42.4 Å². The van der Waals surface area contributed by atoms with Gasteiger partial charge in [-0.1, -0.05) is 38.1 Å². The number of halogens is 1. The number of fused-ring (bicyclic) bond motifs is 3. The van der Waals surface area contributed by atoms with Crippen molar-refractivity contribution in [2.45, 2.75) is 57.5 Å². The van der Waals surface area contributed by atoms with E-state index in [1.54, 1.807) is 28.7 Å². The number of nitrogens with zero attached hydrogens (tertiary/aromatic N) is 7. The lowest BCUT2D eigenvalue weighted by Gasteiger charge is -2.45. The van der Waals surface area contributed by atoms with Crippen LogP contribution in [0, 0.1) is 13.8 Å². The number of carbonyl (C=O) groups is 1. The molecular formula is C33H33ClN8O2S. The Bertz CT molecular complexity index is 2100. The van der Waals surface area contributed by atoms with Crippen LogP contribution in [0.25, 0.3) is 38.9 Å². The Hall–Kier alpha value is -4.22. The second-order valence-corrected chi connectivity index (χ2v) is 13.5. The van der Waals surface area contributed by atoms with Gasteiger partial charge in [0, 0.05) is 46.9 Å². The summed E-state index contributed by atoms with van der Waals surface area (Å²) in [6, 6.07) is 5.69. The molecule has 2 aliphatic heterocycles. The molecule has 230 valence electrons. The standard InChI is InChI=1S/C33H33ClN8O2S/c1-7-23(43)40-13-19(6)41-20(14-40)15-45-30-25-31(37-28(26(30)34)24-17(4)8-9-22-21(24)12-36-39-22)42(33(44)38-32(25)41)29-18(5)10-11-35-27(29)16(2)3/h7-12,16,19-20H,1,13-15H2,2-6H3,(H,36,39). The number of thioether (sulfide) groups is 1. The number of H-pyrrole nitrogens is 1. The molecule has 6 heterocycles. The van der Waals surface area contributed by atoms with Crippen LogP contribution in [0.5, 0.6) is 0 Å². The van der Waals surface area contributed by atoms with Crippen molar-refractivity contribution in [2.75, 3.05) is 23.7 Å². The highest BCUT2D eigenvalue weighted by Crippen LogP contribution is 2.48. The average molecular weight is 641 g/mol. The second kappa shape index (κ2) is 11.0. The van der Waals surface area contributed by atoms with Gasteiger partial charge in [0.25, 0.3) is 0 Å². The molecule has 2 atom stereocenters. The predicted molar refractivity (Wildman–Crippen MR) is 180 cm³/mol. The Morgan fingerprint density at radius 2 is 1.98 bits per heavy atom.